The Kier molecular flexibility index (Phi) is 5.59. The summed E-state index contributed by atoms with van der Waals surface area (Å²) in [4.78, 5) is 4.18. The Morgan fingerprint density at radius 2 is 2.20 bits per heavy atom. The number of hydrogen-bond acceptors (Lipinski definition) is 3. The molecule has 0 radical (unpaired) electrons. The average Bonchev–Trinajstić information content (AvgIpc) is 2.27. The van der Waals surface area contributed by atoms with E-state index in [-0.39, 0.29) is 0 Å². The molecule has 0 amide bonds. The molecule has 0 fully saturated rings. The van der Waals surface area contributed by atoms with E-state index in [4.69, 9.17) is 4.74 Å². The van der Waals surface area contributed by atoms with Crippen molar-refractivity contribution in [3.05, 3.63) is 18.3 Å². The van der Waals surface area contributed by atoms with Crippen LogP contribution in [0.5, 0.6) is 5.88 Å². The Morgan fingerprint density at radius 1 is 1.33 bits per heavy atom. The van der Waals surface area contributed by atoms with Crippen LogP contribution in [0.1, 0.15) is 33.1 Å². The van der Waals surface area contributed by atoms with E-state index >= 15 is 0 Å². The van der Waals surface area contributed by atoms with Crippen molar-refractivity contribution >= 4 is 5.69 Å². The predicted octanol–water partition coefficient (Wildman–Crippen LogP) is 3.08. The Labute approximate surface area is 91.9 Å². The summed E-state index contributed by atoms with van der Waals surface area (Å²) in [6.45, 7) is 5.81. The maximum absolute atomic E-state index is 5.42. The van der Waals surface area contributed by atoms with E-state index in [9.17, 15) is 0 Å². The third-order valence-corrected chi connectivity index (χ3v) is 2.15. The van der Waals surface area contributed by atoms with Crippen molar-refractivity contribution in [3.63, 3.8) is 0 Å². The number of hydrogen-bond donors (Lipinski definition) is 1. The van der Waals surface area contributed by atoms with E-state index in [0.717, 1.165) is 12.2 Å². The minimum absolute atomic E-state index is 0.653. The minimum atomic E-state index is 0.653. The molecule has 0 bridgehead atoms. The molecule has 0 aromatic carbocycles. The normalized spacial score (nSPS) is 10.0. The van der Waals surface area contributed by atoms with Gasteiger partial charge in [0.25, 0.3) is 0 Å². The summed E-state index contributed by atoms with van der Waals surface area (Å²) in [5.74, 6) is 0.705. The number of nitrogens with one attached hydrogen (secondary N) is 1. The maximum Gasteiger partial charge on any atom is 0.237 e. The molecule has 1 heterocycles. The maximum atomic E-state index is 5.42. The lowest BCUT2D eigenvalue weighted by molar-refractivity contribution is 0.328. The molecule has 1 aromatic heterocycles. The molecule has 0 aliphatic heterocycles. The lowest BCUT2D eigenvalue weighted by Crippen LogP contribution is -2.05. The van der Waals surface area contributed by atoms with Crippen molar-refractivity contribution in [1.82, 2.24) is 4.98 Å². The summed E-state index contributed by atoms with van der Waals surface area (Å²) in [7, 11) is 0. The van der Waals surface area contributed by atoms with Crippen LogP contribution in [0.25, 0.3) is 0 Å². The molecule has 1 rings (SSSR count). The van der Waals surface area contributed by atoms with E-state index in [1.54, 1.807) is 6.20 Å². The highest BCUT2D eigenvalue weighted by Crippen LogP contribution is 2.20. The largest absolute Gasteiger partial charge is 0.476 e. The number of pyridine rings is 1. The molecule has 0 unspecified atom stereocenters. The van der Waals surface area contributed by atoms with Crippen LogP contribution in [-0.4, -0.2) is 18.1 Å². The second kappa shape index (κ2) is 7.10. The summed E-state index contributed by atoms with van der Waals surface area (Å²) in [5, 5.41) is 3.35. The van der Waals surface area contributed by atoms with Crippen molar-refractivity contribution in [2.24, 2.45) is 0 Å². The van der Waals surface area contributed by atoms with Crippen LogP contribution in [0.4, 0.5) is 5.69 Å². The SMILES string of the molecule is CCCCCNc1cccnc1OCC. The zero-order valence-electron chi connectivity index (χ0n) is 9.62. The van der Waals surface area contributed by atoms with Gasteiger partial charge in [0.15, 0.2) is 0 Å². The molecule has 0 atom stereocenters. The third kappa shape index (κ3) is 4.19. The Bertz CT molecular complexity index is 276. The Hall–Kier alpha value is -1.25. The first-order valence-electron chi connectivity index (χ1n) is 5.70. The molecular weight excluding hydrogens is 188 g/mol. The van der Waals surface area contributed by atoms with Gasteiger partial charge in [0.1, 0.15) is 0 Å². The zero-order valence-corrected chi connectivity index (χ0v) is 9.62. The third-order valence-electron chi connectivity index (χ3n) is 2.15. The quantitative estimate of drug-likeness (QED) is 0.699. The molecule has 3 nitrogen and oxygen atoms in total. The summed E-state index contributed by atoms with van der Waals surface area (Å²) in [6.07, 6.45) is 5.45. The van der Waals surface area contributed by atoms with Gasteiger partial charge in [0.2, 0.25) is 5.88 Å². The molecule has 1 N–H and O–H groups in total. The number of aromatic nitrogens is 1. The van der Waals surface area contributed by atoms with Gasteiger partial charge in [0, 0.05) is 12.7 Å². The zero-order chi connectivity index (χ0) is 10.9. The van der Waals surface area contributed by atoms with Crippen molar-refractivity contribution in [3.8, 4) is 5.88 Å². The molecule has 0 saturated carbocycles. The lowest BCUT2D eigenvalue weighted by Gasteiger charge is -2.10. The Balaban J connectivity index is 2.44. The van der Waals surface area contributed by atoms with E-state index in [1.807, 2.05) is 19.1 Å². The minimum Gasteiger partial charge on any atom is -0.476 e. The van der Waals surface area contributed by atoms with Crippen LogP contribution in [0.15, 0.2) is 18.3 Å². The second-order valence-corrected chi connectivity index (χ2v) is 3.42. The molecule has 0 aliphatic rings. The molecule has 0 saturated heterocycles. The molecular formula is C12H20N2O. The second-order valence-electron chi connectivity index (χ2n) is 3.42. The summed E-state index contributed by atoms with van der Waals surface area (Å²) in [5.41, 5.74) is 0.996. The predicted molar refractivity (Wildman–Crippen MR) is 63.4 cm³/mol. The van der Waals surface area contributed by atoms with Gasteiger partial charge < -0.3 is 10.1 Å². The van der Waals surface area contributed by atoms with Gasteiger partial charge in [-0.05, 0) is 25.5 Å². The summed E-state index contributed by atoms with van der Waals surface area (Å²) in [6, 6.07) is 3.93. The van der Waals surface area contributed by atoms with Gasteiger partial charge in [-0.25, -0.2) is 4.98 Å². The summed E-state index contributed by atoms with van der Waals surface area (Å²) >= 11 is 0. The van der Waals surface area contributed by atoms with E-state index in [2.05, 4.69) is 17.2 Å². The number of ether oxygens (including phenoxy) is 1. The highest BCUT2D eigenvalue weighted by Gasteiger charge is 2.01. The van der Waals surface area contributed by atoms with Gasteiger partial charge in [0.05, 0.1) is 12.3 Å². The van der Waals surface area contributed by atoms with Gasteiger partial charge in [-0.3, -0.25) is 0 Å². The van der Waals surface area contributed by atoms with Crippen molar-refractivity contribution < 1.29 is 4.74 Å². The average molecular weight is 208 g/mol. The van der Waals surface area contributed by atoms with Crippen LogP contribution in [-0.2, 0) is 0 Å². The van der Waals surface area contributed by atoms with Crippen LogP contribution >= 0.6 is 0 Å². The molecule has 0 aliphatic carbocycles. The molecule has 0 spiro atoms. The van der Waals surface area contributed by atoms with E-state index in [0.29, 0.717) is 12.5 Å². The van der Waals surface area contributed by atoms with Gasteiger partial charge >= 0.3 is 0 Å². The standard InChI is InChI=1S/C12H20N2O/c1-3-5-6-9-13-11-8-7-10-14-12(11)15-4-2/h7-8,10,13H,3-6,9H2,1-2H3. The monoisotopic (exact) mass is 208 g/mol. The number of rotatable bonds is 7. The number of anilines is 1. The van der Waals surface area contributed by atoms with Crippen molar-refractivity contribution in [1.29, 1.82) is 0 Å². The van der Waals surface area contributed by atoms with Crippen molar-refractivity contribution in [2.75, 3.05) is 18.5 Å². The fraction of sp³-hybridized carbons (Fsp3) is 0.583. The fourth-order valence-corrected chi connectivity index (χ4v) is 1.38. The van der Waals surface area contributed by atoms with Crippen molar-refractivity contribution in [2.45, 2.75) is 33.1 Å². The molecule has 84 valence electrons. The van der Waals surface area contributed by atoms with Gasteiger partial charge in [-0.2, -0.15) is 0 Å². The van der Waals surface area contributed by atoms with Gasteiger partial charge in [-0.15, -0.1) is 0 Å². The molecule has 15 heavy (non-hydrogen) atoms. The highest BCUT2D eigenvalue weighted by molar-refractivity contribution is 5.51. The van der Waals surface area contributed by atoms with E-state index in [1.165, 1.54) is 19.3 Å². The van der Waals surface area contributed by atoms with E-state index < -0.39 is 0 Å². The lowest BCUT2D eigenvalue weighted by atomic mass is 10.2. The van der Waals surface area contributed by atoms with Crippen LogP contribution in [0.3, 0.4) is 0 Å². The first kappa shape index (κ1) is 11.8. The topological polar surface area (TPSA) is 34.2 Å². The highest BCUT2D eigenvalue weighted by atomic mass is 16.5. The van der Waals surface area contributed by atoms with Crippen LogP contribution in [0.2, 0.25) is 0 Å². The molecule has 1 aromatic rings. The van der Waals surface area contributed by atoms with Crippen LogP contribution < -0.4 is 10.1 Å². The summed E-state index contributed by atoms with van der Waals surface area (Å²) < 4.78 is 5.42. The fourth-order valence-electron chi connectivity index (χ4n) is 1.38. The Morgan fingerprint density at radius 3 is 2.93 bits per heavy atom. The van der Waals surface area contributed by atoms with Crippen LogP contribution in [0, 0.1) is 0 Å². The smallest absolute Gasteiger partial charge is 0.237 e. The molecule has 3 heteroatoms. The first-order chi connectivity index (χ1) is 7.38. The van der Waals surface area contributed by atoms with Gasteiger partial charge in [-0.1, -0.05) is 19.8 Å². The number of nitrogens with zero attached hydrogens (tertiary/aromatic N) is 1. The first-order valence-corrected chi connectivity index (χ1v) is 5.70. The number of unbranched alkanes of at least 4 members (excludes halogenated alkanes) is 2.